The third kappa shape index (κ3) is 3.58. The zero-order valence-electron chi connectivity index (χ0n) is 14.8. The Morgan fingerprint density at radius 1 is 0.720 bits per heavy atom. The van der Waals surface area contributed by atoms with E-state index in [1.807, 2.05) is 0 Å². The topological polar surface area (TPSA) is 17.1 Å². The minimum absolute atomic E-state index is 0.287. The maximum atomic E-state index is 13.2. The predicted octanol–water partition coefficient (Wildman–Crippen LogP) is 5.05. The van der Waals surface area contributed by atoms with Crippen LogP contribution in [0.2, 0.25) is 0 Å². The van der Waals surface area contributed by atoms with Crippen molar-refractivity contribution in [3.63, 3.8) is 0 Å². The van der Waals surface area contributed by atoms with E-state index >= 15 is 0 Å². The minimum atomic E-state index is -0.459. The van der Waals surface area contributed by atoms with Crippen molar-refractivity contribution in [2.45, 2.75) is 50.6 Å². The molecule has 0 saturated heterocycles. The van der Waals surface area contributed by atoms with Crippen molar-refractivity contribution in [1.29, 1.82) is 0 Å². The highest BCUT2D eigenvalue weighted by atomic mass is 31.1. The van der Waals surface area contributed by atoms with Gasteiger partial charge in [-0.3, -0.25) is 4.79 Å². The van der Waals surface area contributed by atoms with Gasteiger partial charge in [0, 0.05) is 11.8 Å². The van der Waals surface area contributed by atoms with E-state index in [4.69, 9.17) is 0 Å². The van der Waals surface area contributed by atoms with E-state index in [1.54, 1.807) is 0 Å². The van der Waals surface area contributed by atoms with E-state index in [2.05, 4.69) is 60.7 Å². The van der Waals surface area contributed by atoms with E-state index in [0.717, 1.165) is 19.3 Å². The van der Waals surface area contributed by atoms with Crippen LogP contribution in [0.3, 0.4) is 0 Å². The monoisotopic (exact) mass is 350 g/mol. The van der Waals surface area contributed by atoms with Gasteiger partial charge in [-0.1, -0.05) is 79.9 Å². The largest absolute Gasteiger partial charge is 0.299 e. The highest BCUT2D eigenvalue weighted by Crippen LogP contribution is 2.51. The van der Waals surface area contributed by atoms with Gasteiger partial charge in [0.2, 0.25) is 0 Å². The lowest BCUT2D eigenvalue weighted by Crippen LogP contribution is -2.32. The van der Waals surface area contributed by atoms with Crippen molar-refractivity contribution < 1.29 is 4.79 Å². The van der Waals surface area contributed by atoms with Crippen molar-refractivity contribution in [3.05, 3.63) is 60.7 Å². The van der Waals surface area contributed by atoms with E-state index in [-0.39, 0.29) is 5.92 Å². The van der Waals surface area contributed by atoms with E-state index in [1.165, 1.54) is 36.3 Å². The Bertz CT molecular complexity index is 651. The van der Waals surface area contributed by atoms with E-state index in [0.29, 0.717) is 17.4 Å². The van der Waals surface area contributed by atoms with Crippen LogP contribution in [0, 0.1) is 11.8 Å². The molecule has 2 aromatic rings. The average Bonchev–Trinajstić information content (AvgIpc) is 3.36. The third-order valence-corrected chi connectivity index (χ3v) is 8.99. The van der Waals surface area contributed by atoms with Gasteiger partial charge in [0.25, 0.3) is 0 Å². The highest BCUT2D eigenvalue weighted by molar-refractivity contribution is 7.73. The summed E-state index contributed by atoms with van der Waals surface area (Å²) in [5.41, 5.74) is 0.521. The van der Waals surface area contributed by atoms with Gasteiger partial charge in [0.1, 0.15) is 5.78 Å². The van der Waals surface area contributed by atoms with Crippen LogP contribution in [0.25, 0.3) is 0 Å². The molecule has 4 rings (SSSR count). The maximum absolute atomic E-state index is 13.2. The SMILES string of the molecule is O=C(C1CCCC1)[C@H]1CCCC1P(c1ccccc1)c1ccccc1. The summed E-state index contributed by atoms with van der Waals surface area (Å²) in [6.45, 7) is 0. The van der Waals surface area contributed by atoms with Crippen LogP contribution in [-0.2, 0) is 4.79 Å². The van der Waals surface area contributed by atoms with Gasteiger partial charge in [-0.05, 0) is 49.9 Å². The van der Waals surface area contributed by atoms with Crippen LogP contribution >= 0.6 is 7.92 Å². The number of rotatable bonds is 5. The molecule has 2 aliphatic carbocycles. The van der Waals surface area contributed by atoms with Crippen molar-refractivity contribution in [3.8, 4) is 0 Å². The van der Waals surface area contributed by atoms with Crippen molar-refractivity contribution in [1.82, 2.24) is 0 Å². The summed E-state index contributed by atoms with van der Waals surface area (Å²) < 4.78 is 0. The molecule has 0 spiro atoms. The molecule has 2 fully saturated rings. The number of hydrogen-bond donors (Lipinski definition) is 0. The number of hydrogen-bond acceptors (Lipinski definition) is 1. The summed E-state index contributed by atoms with van der Waals surface area (Å²) in [5, 5.41) is 2.86. The van der Waals surface area contributed by atoms with Gasteiger partial charge in [0.05, 0.1) is 0 Å². The smallest absolute Gasteiger partial charge is 0.139 e. The molecule has 0 radical (unpaired) electrons. The summed E-state index contributed by atoms with van der Waals surface area (Å²) in [7, 11) is -0.459. The number of benzene rings is 2. The Hall–Kier alpha value is -1.46. The molecule has 0 aliphatic heterocycles. The van der Waals surface area contributed by atoms with Crippen molar-refractivity contribution >= 4 is 24.3 Å². The second kappa shape index (κ2) is 7.83. The highest BCUT2D eigenvalue weighted by Gasteiger charge is 2.41. The zero-order chi connectivity index (χ0) is 17.1. The minimum Gasteiger partial charge on any atom is -0.299 e. The van der Waals surface area contributed by atoms with Crippen LogP contribution in [0.4, 0.5) is 0 Å². The first-order valence-corrected chi connectivity index (χ1v) is 11.2. The second-order valence-corrected chi connectivity index (χ2v) is 9.97. The molecule has 2 saturated carbocycles. The van der Waals surface area contributed by atoms with Crippen molar-refractivity contribution in [2.24, 2.45) is 11.8 Å². The predicted molar refractivity (Wildman–Crippen MR) is 107 cm³/mol. The fourth-order valence-electron chi connectivity index (χ4n) is 4.80. The molecular weight excluding hydrogens is 323 g/mol. The molecule has 2 aliphatic rings. The average molecular weight is 350 g/mol. The normalized spacial score (nSPS) is 24.0. The summed E-state index contributed by atoms with van der Waals surface area (Å²) in [6, 6.07) is 21.9. The van der Waals surface area contributed by atoms with Gasteiger partial charge in [-0.15, -0.1) is 0 Å². The van der Waals surface area contributed by atoms with Crippen LogP contribution in [-0.4, -0.2) is 11.4 Å². The van der Waals surface area contributed by atoms with Crippen LogP contribution in [0.1, 0.15) is 44.9 Å². The molecule has 2 atom stereocenters. The number of Topliss-reactive ketones (excluding diaryl/α,β-unsaturated/α-hetero) is 1. The first-order valence-electron chi connectivity index (χ1n) is 9.77. The quantitative estimate of drug-likeness (QED) is 0.690. The fraction of sp³-hybridized carbons (Fsp3) is 0.435. The second-order valence-electron chi connectivity index (χ2n) is 7.53. The Balaban J connectivity index is 1.67. The molecule has 25 heavy (non-hydrogen) atoms. The molecule has 0 amide bonds. The molecule has 130 valence electrons. The lowest BCUT2D eigenvalue weighted by Gasteiger charge is -2.30. The first-order chi connectivity index (χ1) is 12.3. The lowest BCUT2D eigenvalue weighted by atomic mass is 9.90. The summed E-state index contributed by atoms with van der Waals surface area (Å²) in [4.78, 5) is 13.2. The number of ketones is 1. The van der Waals surface area contributed by atoms with Gasteiger partial charge in [-0.2, -0.15) is 0 Å². The number of carbonyl (C=O) groups excluding carboxylic acids is 1. The molecule has 0 heterocycles. The standard InChI is InChI=1S/C23H27OP/c24-23(18-10-7-8-11-18)21-16-9-17-22(21)25(19-12-3-1-4-13-19)20-14-5-2-6-15-20/h1-6,12-15,18,21-22H,7-11,16-17H2/t21-,22?/m0/s1. The van der Waals surface area contributed by atoms with Crippen molar-refractivity contribution in [2.75, 3.05) is 0 Å². The Morgan fingerprint density at radius 2 is 1.28 bits per heavy atom. The molecule has 0 aromatic heterocycles. The molecule has 1 unspecified atom stereocenters. The summed E-state index contributed by atoms with van der Waals surface area (Å²) in [6.07, 6.45) is 8.30. The molecule has 2 heteroatoms. The van der Waals surface area contributed by atoms with Crippen LogP contribution in [0.15, 0.2) is 60.7 Å². The molecule has 1 nitrogen and oxygen atoms in total. The summed E-state index contributed by atoms with van der Waals surface area (Å²) >= 11 is 0. The summed E-state index contributed by atoms with van der Waals surface area (Å²) in [5.74, 6) is 1.24. The molecule has 0 N–H and O–H groups in total. The van der Waals surface area contributed by atoms with Gasteiger partial charge < -0.3 is 0 Å². The van der Waals surface area contributed by atoms with Crippen LogP contribution < -0.4 is 10.6 Å². The molecule has 2 aromatic carbocycles. The first kappa shape index (κ1) is 17.0. The fourth-order valence-corrected chi connectivity index (χ4v) is 7.95. The van der Waals surface area contributed by atoms with E-state index < -0.39 is 7.92 Å². The Kier molecular flexibility index (Phi) is 5.32. The third-order valence-electron chi connectivity index (χ3n) is 6.00. The van der Waals surface area contributed by atoms with Gasteiger partial charge in [0.15, 0.2) is 0 Å². The van der Waals surface area contributed by atoms with Gasteiger partial charge >= 0.3 is 0 Å². The maximum Gasteiger partial charge on any atom is 0.139 e. The lowest BCUT2D eigenvalue weighted by molar-refractivity contribution is -0.126. The van der Waals surface area contributed by atoms with Gasteiger partial charge in [-0.25, -0.2) is 0 Å². The Morgan fingerprint density at radius 3 is 1.84 bits per heavy atom. The van der Waals surface area contributed by atoms with Crippen LogP contribution in [0.5, 0.6) is 0 Å². The molecule has 0 bridgehead atoms. The van der Waals surface area contributed by atoms with E-state index in [9.17, 15) is 4.79 Å². The molecular formula is C23H27OP. The zero-order valence-corrected chi connectivity index (χ0v) is 15.7. The number of carbonyl (C=O) groups is 1. The Labute approximate surface area is 152 Å².